The second kappa shape index (κ2) is 6.20. The summed E-state index contributed by atoms with van der Waals surface area (Å²) in [5, 5.41) is 3.39. The van der Waals surface area contributed by atoms with Gasteiger partial charge in [-0.25, -0.2) is 4.39 Å². The smallest absolute Gasteiger partial charge is 0.125 e. The highest BCUT2D eigenvalue weighted by atomic mass is 79.9. The lowest BCUT2D eigenvalue weighted by Crippen LogP contribution is -2.10. The molecule has 0 saturated carbocycles. The first-order valence-electron chi connectivity index (χ1n) is 6.37. The van der Waals surface area contributed by atoms with Gasteiger partial charge in [-0.05, 0) is 54.8 Å². The number of hydrogen-bond donors (Lipinski definition) is 1. The molecule has 100 valence electrons. The van der Waals surface area contributed by atoms with Gasteiger partial charge in [0.25, 0.3) is 0 Å². The minimum Gasteiger partial charge on any atom is -0.378 e. The minimum atomic E-state index is -0.202. The first kappa shape index (κ1) is 14.1. The van der Waals surface area contributed by atoms with Gasteiger partial charge in [0.15, 0.2) is 0 Å². The van der Waals surface area contributed by atoms with E-state index in [0.29, 0.717) is 0 Å². The van der Waals surface area contributed by atoms with Crippen molar-refractivity contribution in [3.63, 3.8) is 0 Å². The second-order valence-corrected chi connectivity index (χ2v) is 5.59. The summed E-state index contributed by atoms with van der Waals surface area (Å²) >= 11 is 3.48. The van der Waals surface area contributed by atoms with E-state index in [1.54, 1.807) is 0 Å². The molecule has 0 spiro atoms. The van der Waals surface area contributed by atoms with Crippen LogP contribution in [-0.2, 0) is 0 Å². The van der Waals surface area contributed by atoms with E-state index in [1.807, 2.05) is 25.1 Å². The molecule has 0 radical (unpaired) electrons. The Balaban J connectivity index is 2.23. The Bertz CT molecular complexity index is 548. The van der Waals surface area contributed by atoms with Gasteiger partial charge in [-0.15, -0.1) is 0 Å². The SMILES string of the molecule is CCC(Nc1cc(C)cc(F)c1)c1cccc(Br)c1. The zero-order valence-corrected chi connectivity index (χ0v) is 12.7. The van der Waals surface area contributed by atoms with Crippen LogP contribution < -0.4 is 5.32 Å². The summed E-state index contributed by atoms with van der Waals surface area (Å²) in [5.41, 5.74) is 2.94. The predicted molar refractivity (Wildman–Crippen MR) is 81.9 cm³/mol. The van der Waals surface area contributed by atoms with Gasteiger partial charge < -0.3 is 5.32 Å². The average Bonchev–Trinajstić information content (AvgIpc) is 2.34. The maximum atomic E-state index is 13.4. The number of rotatable bonds is 4. The van der Waals surface area contributed by atoms with Gasteiger partial charge in [-0.1, -0.05) is 35.0 Å². The molecule has 2 aromatic rings. The summed E-state index contributed by atoms with van der Waals surface area (Å²) in [6, 6.07) is 13.4. The van der Waals surface area contributed by atoms with Crippen LogP contribution in [0.5, 0.6) is 0 Å². The van der Waals surface area contributed by atoms with Crippen molar-refractivity contribution in [3.8, 4) is 0 Å². The largest absolute Gasteiger partial charge is 0.378 e. The molecule has 3 heteroatoms. The number of aryl methyl sites for hydroxylation is 1. The van der Waals surface area contributed by atoms with Gasteiger partial charge in [0, 0.05) is 10.2 Å². The Morgan fingerprint density at radius 3 is 2.63 bits per heavy atom. The molecule has 0 aliphatic heterocycles. The molecule has 0 aromatic heterocycles. The lowest BCUT2D eigenvalue weighted by Gasteiger charge is -2.19. The monoisotopic (exact) mass is 321 g/mol. The van der Waals surface area contributed by atoms with Gasteiger partial charge >= 0.3 is 0 Å². The van der Waals surface area contributed by atoms with Crippen LogP contribution in [0.4, 0.5) is 10.1 Å². The molecule has 1 nitrogen and oxygen atoms in total. The molecule has 1 atom stereocenters. The molecule has 0 amide bonds. The van der Waals surface area contributed by atoms with E-state index in [-0.39, 0.29) is 11.9 Å². The van der Waals surface area contributed by atoms with Crippen molar-refractivity contribution in [1.82, 2.24) is 0 Å². The van der Waals surface area contributed by atoms with Crippen molar-refractivity contribution >= 4 is 21.6 Å². The molecule has 0 aliphatic carbocycles. The van der Waals surface area contributed by atoms with Crippen molar-refractivity contribution in [1.29, 1.82) is 0 Å². The number of halogens is 2. The van der Waals surface area contributed by atoms with Gasteiger partial charge in [-0.2, -0.15) is 0 Å². The summed E-state index contributed by atoms with van der Waals surface area (Å²) in [7, 11) is 0. The quantitative estimate of drug-likeness (QED) is 0.788. The number of anilines is 1. The van der Waals surface area contributed by atoms with E-state index in [0.717, 1.165) is 22.1 Å². The molecular weight excluding hydrogens is 305 g/mol. The standard InChI is InChI=1S/C16H17BrFN/c1-3-16(12-5-4-6-13(17)9-12)19-15-8-11(2)7-14(18)10-15/h4-10,16,19H,3H2,1-2H3. The predicted octanol–water partition coefficient (Wildman–Crippen LogP) is 5.46. The Morgan fingerprint density at radius 2 is 2.00 bits per heavy atom. The van der Waals surface area contributed by atoms with Crippen LogP contribution in [0.1, 0.15) is 30.5 Å². The van der Waals surface area contributed by atoms with Crippen molar-refractivity contribution in [2.45, 2.75) is 26.3 Å². The van der Waals surface area contributed by atoms with Crippen LogP contribution in [0.15, 0.2) is 46.9 Å². The fourth-order valence-electron chi connectivity index (χ4n) is 2.17. The van der Waals surface area contributed by atoms with E-state index in [9.17, 15) is 4.39 Å². The Morgan fingerprint density at radius 1 is 1.21 bits per heavy atom. The number of nitrogens with one attached hydrogen (secondary N) is 1. The normalized spacial score (nSPS) is 12.2. The summed E-state index contributed by atoms with van der Waals surface area (Å²) in [4.78, 5) is 0. The van der Waals surface area contributed by atoms with Gasteiger partial charge in [-0.3, -0.25) is 0 Å². The van der Waals surface area contributed by atoms with Crippen LogP contribution in [0, 0.1) is 12.7 Å². The molecule has 1 N–H and O–H groups in total. The maximum Gasteiger partial charge on any atom is 0.125 e. The zero-order valence-electron chi connectivity index (χ0n) is 11.1. The lowest BCUT2D eigenvalue weighted by atomic mass is 10.0. The first-order chi connectivity index (χ1) is 9.08. The van der Waals surface area contributed by atoms with Crippen LogP contribution in [0.2, 0.25) is 0 Å². The van der Waals surface area contributed by atoms with Crippen LogP contribution in [0.3, 0.4) is 0 Å². The summed E-state index contributed by atoms with van der Waals surface area (Å²) in [6.07, 6.45) is 0.937. The zero-order chi connectivity index (χ0) is 13.8. The molecule has 0 fully saturated rings. The minimum absolute atomic E-state index is 0.179. The second-order valence-electron chi connectivity index (χ2n) is 4.68. The molecular formula is C16H17BrFN. The molecule has 1 unspecified atom stereocenters. The van der Waals surface area contributed by atoms with Gasteiger partial charge in [0.05, 0.1) is 6.04 Å². The van der Waals surface area contributed by atoms with Crippen molar-refractivity contribution in [2.75, 3.05) is 5.32 Å². The van der Waals surface area contributed by atoms with Crippen LogP contribution in [0.25, 0.3) is 0 Å². The highest BCUT2D eigenvalue weighted by Crippen LogP contribution is 2.25. The van der Waals surface area contributed by atoms with Crippen LogP contribution in [-0.4, -0.2) is 0 Å². The van der Waals surface area contributed by atoms with Crippen molar-refractivity contribution < 1.29 is 4.39 Å². The molecule has 2 rings (SSSR count). The highest BCUT2D eigenvalue weighted by molar-refractivity contribution is 9.10. The van der Waals surface area contributed by atoms with Gasteiger partial charge in [0.2, 0.25) is 0 Å². The molecule has 19 heavy (non-hydrogen) atoms. The summed E-state index contributed by atoms with van der Waals surface area (Å²) in [5.74, 6) is -0.202. The third-order valence-electron chi connectivity index (χ3n) is 3.04. The van der Waals surface area contributed by atoms with E-state index in [1.165, 1.54) is 17.7 Å². The summed E-state index contributed by atoms with van der Waals surface area (Å²) in [6.45, 7) is 4.01. The topological polar surface area (TPSA) is 12.0 Å². The van der Waals surface area contributed by atoms with E-state index in [2.05, 4.69) is 40.3 Å². The van der Waals surface area contributed by atoms with Crippen molar-refractivity contribution in [3.05, 3.63) is 63.9 Å². The summed E-state index contributed by atoms with van der Waals surface area (Å²) < 4.78 is 14.5. The molecule has 0 saturated heterocycles. The third-order valence-corrected chi connectivity index (χ3v) is 3.54. The number of benzene rings is 2. The highest BCUT2D eigenvalue weighted by Gasteiger charge is 2.10. The Labute approximate surface area is 122 Å². The molecule has 0 heterocycles. The van der Waals surface area contributed by atoms with Crippen molar-refractivity contribution in [2.24, 2.45) is 0 Å². The fraction of sp³-hybridized carbons (Fsp3) is 0.250. The van der Waals surface area contributed by atoms with E-state index >= 15 is 0 Å². The Hall–Kier alpha value is -1.35. The van der Waals surface area contributed by atoms with Crippen LogP contribution >= 0.6 is 15.9 Å². The number of hydrogen-bond acceptors (Lipinski definition) is 1. The van der Waals surface area contributed by atoms with Gasteiger partial charge in [0.1, 0.15) is 5.82 Å². The molecule has 0 aliphatic rings. The first-order valence-corrected chi connectivity index (χ1v) is 7.17. The Kier molecular flexibility index (Phi) is 4.59. The maximum absolute atomic E-state index is 13.4. The molecule has 2 aromatic carbocycles. The average molecular weight is 322 g/mol. The fourth-order valence-corrected chi connectivity index (χ4v) is 2.58. The lowest BCUT2D eigenvalue weighted by molar-refractivity contribution is 0.626. The third kappa shape index (κ3) is 3.80. The molecule has 0 bridgehead atoms. The van der Waals surface area contributed by atoms with E-state index < -0.39 is 0 Å². The van der Waals surface area contributed by atoms with E-state index in [4.69, 9.17) is 0 Å².